The van der Waals surface area contributed by atoms with Crippen LogP contribution in [0.4, 0.5) is 0 Å². The Hall–Kier alpha value is -1.48. The Bertz CT molecular complexity index is 560. The van der Waals surface area contributed by atoms with Gasteiger partial charge in [0.25, 0.3) is 0 Å². The lowest BCUT2D eigenvalue weighted by atomic mass is 10.1. The molecule has 0 aliphatic carbocycles. The minimum absolute atomic E-state index is 0.0849. The molecule has 116 valence electrons. The number of rotatable bonds is 7. The van der Waals surface area contributed by atoms with Crippen LogP contribution in [-0.2, 0) is 18.7 Å². The van der Waals surface area contributed by atoms with Crippen LogP contribution in [0.15, 0.2) is 9.68 Å². The summed E-state index contributed by atoms with van der Waals surface area (Å²) < 4.78 is 6.93. The van der Waals surface area contributed by atoms with Gasteiger partial charge in [0.15, 0.2) is 5.82 Å². The predicted molar refractivity (Wildman–Crippen MR) is 78.8 cm³/mol. The zero-order chi connectivity index (χ0) is 15.3. The van der Waals surface area contributed by atoms with Crippen molar-refractivity contribution < 1.29 is 4.52 Å². The van der Waals surface area contributed by atoms with Crippen LogP contribution in [0.3, 0.4) is 0 Å². The molecule has 2 rings (SSSR count). The van der Waals surface area contributed by atoms with E-state index in [4.69, 9.17) is 4.52 Å². The first-order valence-corrected chi connectivity index (χ1v) is 7.92. The third-order valence-corrected chi connectivity index (χ3v) is 3.57. The van der Waals surface area contributed by atoms with Crippen molar-refractivity contribution in [1.82, 2.24) is 35.7 Å². The molecule has 0 saturated carbocycles. The smallest absolute Gasteiger partial charge is 0.237 e. The number of tetrazole rings is 1. The Kier molecular flexibility index (Phi) is 5.29. The molecular formula is C12H21N7OS. The summed E-state index contributed by atoms with van der Waals surface area (Å²) in [7, 11) is 0. The maximum Gasteiger partial charge on any atom is 0.237 e. The summed E-state index contributed by atoms with van der Waals surface area (Å²) in [6, 6.07) is 0. The first-order valence-electron chi connectivity index (χ1n) is 6.93. The zero-order valence-electron chi connectivity index (χ0n) is 12.8. The standard InChI is InChI=1S/C12H21N7OS/c1-5-9-14-10(20-16-9)8-21-11-15-17-18-19(11)7-6-13-12(2,3)4/h13H,5-8H2,1-4H3. The molecule has 0 unspecified atom stereocenters. The van der Waals surface area contributed by atoms with Gasteiger partial charge in [-0.1, -0.05) is 23.8 Å². The van der Waals surface area contributed by atoms with Crippen molar-refractivity contribution in [1.29, 1.82) is 0 Å². The molecular weight excluding hydrogens is 290 g/mol. The molecule has 2 aromatic heterocycles. The molecule has 8 nitrogen and oxygen atoms in total. The molecule has 0 radical (unpaired) electrons. The number of hydrogen-bond donors (Lipinski definition) is 1. The maximum absolute atomic E-state index is 5.15. The summed E-state index contributed by atoms with van der Waals surface area (Å²) >= 11 is 1.49. The quantitative estimate of drug-likeness (QED) is 0.765. The Balaban J connectivity index is 1.85. The third-order valence-electron chi connectivity index (χ3n) is 2.63. The number of nitrogens with one attached hydrogen (secondary N) is 1. The summed E-state index contributed by atoms with van der Waals surface area (Å²) in [4.78, 5) is 4.26. The van der Waals surface area contributed by atoms with E-state index < -0.39 is 0 Å². The number of nitrogens with zero attached hydrogens (tertiary/aromatic N) is 6. The van der Waals surface area contributed by atoms with Gasteiger partial charge in [0.2, 0.25) is 11.0 Å². The van der Waals surface area contributed by atoms with Gasteiger partial charge in [-0.05, 0) is 31.2 Å². The summed E-state index contributed by atoms with van der Waals surface area (Å²) in [5.41, 5.74) is 0.0849. The number of aromatic nitrogens is 6. The van der Waals surface area contributed by atoms with Gasteiger partial charge >= 0.3 is 0 Å². The van der Waals surface area contributed by atoms with Crippen LogP contribution < -0.4 is 5.32 Å². The van der Waals surface area contributed by atoms with E-state index >= 15 is 0 Å². The second-order valence-corrected chi connectivity index (χ2v) is 6.55. The van der Waals surface area contributed by atoms with Crippen LogP contribution in [0.1, 0.15) is 39.4 Å². The zero-order valence-corrected chi connectivity index (χ0v) is 13.6. The van der Waals surface area contributed by atoms with Crippen LogP contribution in [0.25, 0.3) is 0 Å². The molecule has 0 fully saturated rings. The lowest BCUT2D eigenvalue weighted by molar-refractivity contribution is 0.385. The van der Waals surface area contributed by atoms with Crippen LogP contribution >= 0.6 is 11.8 Å². The molecule has 0 aliphatic rings. The van der Waals surface area contributed by atoms with Crippen molar-refractivity contribution in [3.8, 4) is 0 Å². The summed E-state index contributed by atoms with van der Waals surface area (Å²) in [5, 5.41) is 19.8. The van der Waals surface area contributed by atoms with E-state index in [1.165, 1.54) is 11.8 Å². The van der Waals surface area contributed by atoms with E-state index in [1.807, 2.05) is 6.92 Å². The normalized spacial score (nSPS) is 12.0. The molecule has 0 saturated heterocycles. The Labute approximate surface area is 128 Å². The molecule has 0 aromatic carbocycles. The van der Waals surface area contributed by atoms with Gasteiger partial charge in [-0.2, -0.15) is 4.98 Å². The van der Waals surface area contributed by atoms with E-state index in [1.54, 1.807) is 4.68 Å². The molecule has 2 heterocycles. The molecule has 0 bridgehead atoms. The van der Waals surface area contributed by atoms with Crippen molar-refractivity contribution in [2.45, 2.75) is 57.1 Å². The van der Waals surface area contributed by atoms with Crippen molar-refractivity contribution in [3.63, 3.8) is 0 Å². The number of thioether (sulfide) groups is 1. The molecule has 21 heavy (non-hydrogen) atoms. The van der Waals surface area contributed by atoms with Gasteiger partial charge in [0.1, 0.15) is 0 Å². The van der Waals surface area contributed by atoms with Crippen molar-refractivity contribution in [2.24, 2.45) is 0 Å². The fourth-order valence-electron chi connectivity index (χ4n) is 1.60. The van der Waals surface area contributed by atoms with E-state index in [-0.39, 0.29) is 5.54 Å². The second-order valence-electron chi connectivity index (χ2n) is 5.61. The molecule has 0 amide bonds. The number of aryl methyl sites for hydroxylation is 1. The average molecular weight is 311 g/mol. The third kappa shape index (κ3) is 5.09. The van der Waals surface area contributed by atoms with Gasteiger partial charge in [-0.25, -0.2) is 4.68 Å². The highest BCUT2D eigenvalue weighted by molar-refractivity contribution is 7.98. The van der Waals surface area contributed by atoms with Crippen LogP contribution in [-0.4, -0.2) is 42.4 Å². The van der Waals surface area contributed by atoms with Gasteiger partial charge in [0, 0.05) is 18.5 Å². The SMILES string of the molecule is CCc1noc(CSc2nnnn2CCNC(C)(C)C)n1. The predicted octanol–water partition coefficient (Wildman–Crippen LogP) is 1.30. The molecule has 1 N–H and O–H groups in total. The van der Waals surface area contributed by atoms with E-state index in [0.717, 1.165) is 30.5 Å². The highest BCUT2D eigenvalue weighted by Crippen LogP contribution is 2.18. The van der Waals surface area contributed by atoms with Gasteiger partial charge < -0.3 is 9.84 Å². The summed E-state index contributed by atoms with van der Waals surface area (Å²) in [5.74, 6) is 1.89. The minimum atomic E-state index is 0.0849. The fourth-order valence-corrected chi connectivity index (χ4v) is 2.34. The number of hydrogen-bond acceptors (Lipinski definition) is 8. The van der Waals surface area contributed by atoms with Crippen LogP contribution in [0.2, 0.25) is 0 Å². The first-order chi connectivity index (χ1) is 9.98. The highest BCUT2D eigenvalue weighted by atomic mass is 32.2. The van der Waals surface area contributed by atoms with Crippen molar-refractivity contribution >= 4 is 11.8 Å². The van der Waals surface area contributed by atoms with Gasteiger partial charge in [-0.15, -0.1) is 5.10 Å². The van der Waals surface area contributed by atoms with Crippen LogP contribution in [0.5, 0.6) is 0 Å². The molecule has 0 aliphatic heterocycles. The molecule has 0 spiro atoms. The Morgan fingerprint density at radius 3 is 2.81 bits per heavy atom. The summed E-state index contributed by atoms with van der Waals surface area (Å²) in [6.45, 7) is 9.90. The Morgan fingerprint density at radius 1 is 1.33 bits per heavy atom. The molecule has 0 atom stereocenters. The van der Waals surface area contributed by atoms with Gasteiger partial charge in [-0.3, -0.25) is 0 Å². The van der Waals surface area contributed by atoms with Crippen molar-refractivity contribution in [3.05, 3.63) is 11.7 Å². The van der Waals surface area contributed by atoms with Crippen molar-refractivity contribution in [2.75, 3.05) is 6.54 Å². The van der Waals surface area contributed by atoms with E-state index in [2.05, 4.69) is 51.8 Å². The fraction of sp³-hybridized carbons (Fsp3) is 0.750. The lowest BCUT2D eigenvalue weighted by Crippen LogP contribution is -2.38. The minimum Gasteiger partial charge on any atom is -0.338 e. The highest BCUT2D eigenvalue weighted by Gasteiger charge is 2.12. The Morgan fingerprint density at radius 2 is 2.14 bits per heavy atom. The monoisotopic (exact) mass is 311 g/mol. The van der Waals surface area contributed by atoms with Gasteiger partial charge in [0.05, 0.1) is 12.3 Å². The molecule has 9 heteroatoms. The molecule has 2 aromatic rings. The topological polar surface area (TPSA) is 94.5 Å². The summed E-state index contributed by atoms with van der Waals surface area (Å²) in [6.07, 6.45) is 0.768. The van der Waals surface area contributed by atoms with Crippen LogP contribution in [0, 0.1) is 0 Å². The first kappa shape index (κ1) is 15.9. The largest absolute Gasteiger partial charge is 0.338 e. The maximum atomic E-state index is 5.15. The van der Waals surface area contributed by atoms with E-state index in [0.29, 0.717) is 11.6 Å². The average Bonchev–Trinajstić information content (AvgIpc) is 3.03. The second kappa shape index (κ2) is 6.99. The van der Waals surface area contributed by atoms with E-state index in [9.17, 15) is 0 Å². The lowest BCUT2D eigenvalue weighted by Gasteiger charge is -2.20.